The van der Waals surface area contributed by atoms with Gasteiger partial charge in [0.1, 0.15) is 0 Å². The molecule has 1 aromatic rings. The van der Waals surface area contributed by atoms with E-state index in [1.807, 2.05) is 26.0 Å². The molecule has 0 amide bonds. The third kappa shape index (κ3) is 6.11. The third-order valence-electron chi connectivity index (χ3n) is 2.62. The van der Waals surface area contributed by atoms with Crippen LogP contribution < -0.4 is 0 Å². The fourth-order valence-electron chi connectivity index (χ4n) is 2.37. The molecule has 0 atom stereocenters. The molecule has 0 spiro atoms. The Balaban J connectivity index is 0.00000137. The molecule has 2 heteroatoms. The molecule has 0 bridgehead atoms. The van der Waals surface area contributed by atoms with Crippen molar-refractivity contribution in [2.75, 3.05) is 0 Å². The number of halogens is 2. The molecule has 0 saturated heterocycles. The van der Waals surface area contributed by atoms with Crippen molar-refractivity contribution in [3.8, 4) is 0 Å². The molecule has 0 N–H and O–H groups in total. The van der Waals surface area contributed by atoms with Crippen LogP contribution in [-0.2, 0) is 5.41 Å². The van der Waals surface area contributed by atoms with E-state index in [9.17, 15) is 0 Å². The van der Waals surface area contributed by atoms with Crippen LogP contribution in [0.1, 0.15) is 60.5 Å². The molecule has 0 saturated carbocycles. The first-order valence-corrected chi connectivity index (χ1v) is 7.32. The van der Waals surface area contributed by atoms with Gasteiger partial charge < -0.3 is 0 Å². The van der Waals surface area contributed by atoms with Crippen LogP contribution >= 0.6 is 23.2 Å². The van der Waals surface area contributed by atoms with E-state index in [0.29, 0.717) is 10.0 Å². The van der Waals surface area contributed by atoms with Crippen molar-refractivity contribution in [1.29, 1.82) is 0 Å². The SMILES string of the molecule is CC.CC(C)(C)CC(C)(C)c1cc(Cl)cc(Cl)c1. The molecule has 104 valence electrons. The summed E-state index contributed by atoms with van der Waals surface area (Å²) in [5.74, 6) is 0. The van der Waals surface area contributed by atoms with Gasteiger partial charge in [0.2, 0.25) is 0 Å². The van der Waals surface area contributed by atoms with Crippen LogP contribution in [0.2, 0.25) is 10.0 Å². The van der Waals surface area contributed by atoms with Crippen molar-refractivity contribution in [2.24, 2.45) is 5.41 Å². The molecule has 0 nitrogen and oxygen atoms in total. The van der Waals surface area contributed by atoms with Crippen LogP contribution in [0, 0.1) is 5.41 Å². The van der Waals surface area contributed by atoms with Gasteiger partial charge in [0.15, 0.2) is 0 Å². The summed E-state index contributed by atoms with van der Waals surface area (Å²) < 4.78 is 0. The zero-order valence-corrected chi connectivity index (χ0v) is 14.2. The Morgan fingerprint density at radius 3 is 1.56 bits per heavy atom. The smallest absolute Gasteiger partial charge is 0.0423 e. The molecule has 0 aliphatic rings. The number of hydrogen-bond acceptors (Lipinski definition) is 0. The van der Waals surface area contributed by atoms with Crippen LogP contribution in [0.4, 0.5) is 0 Å². The summed E-state index contributed by atoms with van der Waals surface area (Å²) in [7, 11) is 0. The van der Waals surface area contributed by atoms with E-state index in [2.05, 4.69) is 34.6 Å². The first kappa shape index (κ1) is 17.8. The molecule has 0 aliphatic heterocycles. The molecule has 0 aromatic heterocycles. The van der Waals surface area contributed by atoms with E-state index < -0.39 is 0 Å². The summed E-state index contributed by atoms with van der Waals surface area (Å²) in [6, 6.07) is 5.80. The fourth-order valence-corrected chi connectivity index (χ4v) is 2.90. The van der Waals surface area contributed by atoms with Crippen LogP contribution in [0.25, 0.3) is 0 Å². The average molecular weight is 289 g/mol. The maximum absolute atomic E-state index is 6.04. The van der Waals surface area contributed by atoms with Crippen molar-refractivity contribution in [1.82, 2.24) is 0 Å². The lowest BCUT2D eigenvalue weighted by atomic mass is 9.72. The molecule has 1 aromatic carbocycles. The first-order chi connectivity index (χ1) is 8.10. The largest absolute Gasteiger partial charge is 0.0843 e. The van der Waals surface area contributed by atoms with Crippen molar-refractivity contribution < 1.29 is 0 Å². The van der Waals surface area contributed by atoms with Crippen LogP contribution in [0.3, 0.4) is 0 Å². The Morgan fingerprint density at radius 2 is 1.22 bits per heavy atom. The second-order valence-corrected chi connectivity index (χ2v) is 7.15. The molecular formula is C16H26Cl2. The predicted molar refractivity (Wildman–Crippen MR) is 84.9 cm³/mol. The number of benzene rings is 1. The molecule has 18 heavy (non-hydrogen) atoms. The van der Waals surface area contributed by atoms with Crippen molar-refractivity contribution >= 4 is 23.2 Å². The van der Waals surface area contributed by atoms with Gasteiger partial charge in [0.25, 0.3) is 0 Å². The third-order valence-corrected chi connectivity index (χ3v) is 3.05. The van der Waals surface area contributed by atoms with Gasteiger partial charge >= 0.3 is 0 Å². The van der Waals surface area contributed by atoms with Gasteiger partial charge in [-0.25, -0.2) is 0 Å². The van der Waals surface area contributed by atoms with Crippen LogP contribution in [-0.4, -0.2) is 0 Å². The van der Waals surface area contributed by atoms with Crippen molar-refractivity contribution in [2.45, 2.75) is 60.3 Å². The number of hydrogen-bond donors (Lipinski definition) is 0. The second kappa shape index (κ2) is 6.82. The summed E-state index contributed by atoms with van der Waals surface area (Å²) >= 11 is 12.1. The lowest BCUT2D eigenvalue weighted by Gasteiger charge is -2.33. The Labute approximate surface area is 123 Å². The Bertz CT molecular complexity index is 353. The van der Waals surface area contributed by atoms with Crippen molar-refractivity contribution in [3.05, 3.63) is 33.8 Å². The van der Waals surface area contributed by atoms with Gasteiger partial charge in [0.05, 0.1) is 0 Å². The zero-order chi connectivity index (χ0) is 14.6. The Morgan fingerprint density at radius 1 is 0.833 bits per heavy atom. The van der Waals surface area contributed by atoms with Gasteiger partial charge in [0, 0.05) is 10.0 Å². The first-order valence-electron chi connectivity index (χ1n) is 6.57. The summed E-state index contributed by atoms with van der Waals surface area (Å²) in [6.45, 7) is 15.2. The highest BCUT2D eigenvalue weighted by Gasteiger charge is 2.27. The van der Waals surface area contributed by atoms with Crippen molar-refractivity contribution in [3.63, 3.8) is 0 Å². The van der Waals surface area contributed by atoms with E-state index in [-0.39, 0.29) is 10.8 Å². The maximum atomic E-state index is 6.04. The van der Waals surface area contributed by atoms with Gasteiger partial charge in [-0.1, -0.05) is 71.7 Å². The van der Waals surface area contributed by atoms with Gasteiger partial charge in [-0.15, -0.1) is 0 Å². The van der Waals surface area contributed by atoms with E-state index in [4.69, 9.17) is 23.2 Å². The molecule has 1 rings (SSSR count). The van der Waals surface area contributed by atoms with Gasteiger partial charge in [-0.3, -0.25) is 0 Å². The lowest BCUT2D eigenvalue weighted by molar-refractivity contribution is 0.284. The summed E-state index contributed by atoms with van der Waals surface area (Å²) in [5.41, 5.74) is 1.59. The van der Waals surface area contributed by atoms with E-state index in [0.717, 1.165) is 6.42 Å². The molecule has 0 radical (unpaired) electrons. The maximum Gasteiger partial charge on any atom is 0.0423 e. The molecule has 0 heterocycles. The predicted octanol–water partition coefficient (Wildman–Crippen LogP) is 6.73. The van der Waals surface area contributed by atoms with E-state index >= 15 is 0 Å². The monoisotopic (exact) mass is 288 g/mol. The van der Waals surface area contributed by atoms with Crippen LogP contribution in [0.5, 0.6) is 0 Å². The topological polar surface area (TPSA) is 0 Å². The minimum absolute atomic E-state index is 0.0901. The molecule has 0 fully saturated rings. The number of rotatable bonds is 2. The summed E-state index contributed by atoms with van der Waals surface area (Å²) in [5, 5.41) is 1.42. The zero-order valence-electron chi connectivity index (χ0n) is 12.7. The molecule has 0 unspecified atom stereocenters. The minimum Gasteiger partial charge on any atom is -0.0843 e. The molecule has 0 aliphatic carbocycles. The summed E-state index contributed by atoms with van der Waals surface area (Å²) in [4.78, 5) is 0. The quantitative estimate of drug-likeness (QED) is 0.566. The Hall–Kier alpha value is -0.200. The Kier molecular flexibility index (Phi) is 6.74. The highest BCUT2D eigenvalue weighted by molar-refractivity contribution is 6.34. The summed E-state index contributed by atoms with van der Waals surface area (Å²) in [6.07, 6.45) is 1.09. The fraction of sp³-hybridized carbons (Fsp3) is 0.625. The second-order valence-electron chi connectivity index (χ2n) is 6.28. The standard InChI is InChI=1S/C14H20Cl2.C2H6/c1-13(2,3)9-14(4,5)10-6-11(15)8-12(16)7-10;1-2/h6-8H,9H2,1-5H3;1-2H3. The minimum atomic E-state index is 0.0901. The highest BCUT2D eigenvalue weighted by Crippen LogP contribution is 2.38. The normalized spacial score (nSPS) is 11.8. The van der Waals surface area contributed by atoms with Gasteiger partial charge in [-0.05, 0) is 41.0 Å². The van der Waals surface area contributed by atoms with E-state index in [1.165, 1.54) is 5.56 Å². The average Bonchev–Trinajstić information content (AvgIpc) is 2.15. The van der Waals surface area contributed by atoms with Gasteiger partial charge in [-0.2, -0.15) is 0 Å². The van der Waals surface area contributed by atoms with E-state index in [1.54, 1.807) is 6.07 Å². The lowest BCUT2D eigenvalue weighted by Crippen LogP contribution is -2.24. The van der Waals surface area contributed by atoms with Crippen LogP contribution in [0.15, 0.2) is 18.2 Å². The molecular weight excluding hydrogens is 263 g/mol. The highest BCUT2D eigenvalue weighted by atomic mass is 35.5.